The lowest BCUT2D eigenvalue weighted by Gasteiger charge is -2.13. The summed E-state index contributed by atoms with van der Waals surface area (Å²) in [4.78, 5) is 0. The van der Waals surface area contributed by atoms with Gasteiger partial charge in [-0.05, 0) is 42.2 Å². The van der Waals surface area contributed by atoms with Crippen molar-refractivity contribution in [1.82, 2.24) is 0 Å². The van der Waals surface area contributed by atoms with Crippen LogP contribution in [0.2, 0.25) is 0 Å². The van der Waals surface area contributed by atoms with Crippen molar-refractivity contribution in [2.24, 2.45) is 5.92 Å². The molecule has 2 unspecified atom stereocenters. The third-order valence-electron chi connectivity index (χ3n) is 3.25. The number of rotatable bonds is 0. The first-order valence-corrected chi connectivity index (χ1v) is 5.35. The number of aryl methyl sites for hydroxylation is 1. The molecule has 1 aliphatic carbocycles. The summed E-state index contributed by atoms with van der Waals surface area (Å²) < 4.78 is 0. The van der Waals surface area contributed by atoms with Crippen LogP contribution in [0.1, 0.15) is 43.7 Å². The zero-order valence-electron chi connectivity index (χ0n) is 8.59. The van der Waals surface area contributed by atoms with Gasteiger partial charge < -0.3 is 0 Å². The summed E-state index contributed by atoms with van der Waals surface area (Å²) in [5.41, 5.74) is 3.17. The first-order chi connectivity index (χ1) is 6.27. The Hall–Kier alpha value is -0.780. The fourth-order valence-corrected chi connectivity index (χ4v) is 2.49. The Morgan fingerprint density at radius 2 is 1.92 bits per heavy atom. The van der Waals surface area contributed by atoms with Crippen molar-refractivity contribution in [1.29, 1.82) is 0 Å². The maximum Gasteiger partial charge on any atom is -0.0185 e. The summed E-state index contributed by atoms with van der Waals surface area (Å²) >= 11 is 0. The molecular formula is C13H18. The quantitative estimate of drug-likeness (QED) is 0.525. The van der Waals surface area contributed by atoms with Crippen molar-refractivity contribution in [2.75, 3.05) is 0 Å². The predicted octanol–water partition coefficient (Wildman–Crippen LogP) is 3.76. The molecule has 0 N–H and O–H groups in total. The topological polar surface area (TPSA) is 0 Å². The molecule has 0 heterocycles. The van der Waals surface area contributed by atoms with Crippen LogP contribution in [0.15, 0.2) is 24.3 Å². The smallest absolute Gasteiger partial charge is 0.0185 e. The lowest BCUT2D eigenvalue weighted by atomic mass is 9.92. The first-order valence-electron chi connectivity index (χ1n) is 5.35. The average Bonchev–Trinajstić information content (AvgIpc) is 2.27. The molecule has 70 valence electrons. The highest BCUT2D eigenvalue weighted by Crippen LogP contribution is 2.32. The Morgan fingerprint density at radius 3 is 2.77 bits per heavy atom. The number of hydrogen-bond acceptors (Lipinski definition) is 0. The third-order valence-corrected chi connectivity index (χ3v) is 3.25. The predicted molar refractivity (Wildman–Crippen MR) is 57.0 cm³/mol. The van der Waals surface area contributed by atoms with Crippen LogP contribution in [-0.2, 0) is 6.42 Å². The van der Waals surface area contributed by atoms with Gasteiger partial charge in [0.1, 0.15) is 0 Å². The summed E-state index contributed by atoms with van der Waals surface area (Å²) in [6.07, 6.45) is 4.00. The van der Waals surface area contributed by atoms with Crippen LogP contribution in [0.3, 0.4) is 0 Å². The van der Waals surface area contributed by atoms with Gasteiger partial charge in [0.2, 0.25) is 0 Å². The first kappa shape index (κ1) is 8.80. The van der Waals surface area contributed by atoms with Gasteiger partial charge in [-0.25, -0.2) is 0 Å². The van der Waals surface area contributed by atoms with Gasteiger partial charge >= 0.3 is 0 Å². The van der Waals surface area contributed by atoms with Crippen molar-refractivity contribution >= 4 is 0 Å². The Bertz CT molecular complexity index is 288. The molecule has 2 rings (SSSR count). The number of fused-ring (bicyclic) bond motifs is 1. The van der Waals surface area contributed by atoms with Crippen molar-refractivity contribution in [3.63, 3.8) is 0 Å². The molecule has 0 spiro atoms. The highest BCUT2D eigenvalue weighted by Gasteiger charge is 2.17. The molecule has 0 aromatic heterocycles. The van der Waals surface area contributed by atoms with E-state index in [2.05, 4.69) is 38.1 Å². The van der Waals surface area contributed by atoms with Crippen molar-refractivity contribution in [3.05, 3.63) is 35.4 Å². The van der Waals surface area contributed by atoms with E-state index in [1.165, 1.54) is 19.3 Å². The van der Waals surface area contributed by atoms with Gasteiger partial charge in [0, 0.05) is 0 Å². The Labute approximate surface area is 81.0 Å². The van der Waals surface area contributed by atoms with E-state index in [4.69, 9.17) is 0 Å². The van der Waals surface area contributed by atoms with E-state index in [1.807, 2.05) is 0 Å². The van der Waals surface area contributed by atoms with E-state index in [0.717, 1.165) is 11.8 Å². The summed E-state index contributed by atoms with van der Waals surface area (Å²) in [5.74, 6) is 1.65. The Kier molecular flexibility index (Phi) is 2.39. The Balaban J connectivity index is 2.35. The molecule has 0 amide bonds. The second-order valence-electron chi connectivity index (χ2n) is 4.48. The van der Waals surface area contributed by atoms with Gasteiger partial charge in [0.15, 0.2) is 0 Å². The van der Waals surface area contributed by atoms with Gasteiger partial charge in [-0.1, -0.05) is 38.1 Å². The minimum absolute atomic E-state index is 0.758. The normalized spacial score (nSPS) is 27.8. The van der Waals surface area contributed by atoms with Crippen LogP contribution in [0.5, 0.6) is 0 Å². The summed E-state index contributed by atoms with van der Waals surface area (Å²) in [5, 5.41) is 0. The lowest BCUT2D eigenvalue weighted by Crippen LogP contribution is -1.98. The van der Waals surface area contributed by atoms with E-state index >= 15 is 0 Å². The zero-order valence-corrected chi connectivity index (χ0v) is 8.59. The molecule has 0 aliphatic heterocycles. The van der Waals surface area contributed by atoms with Gasteiger partial charge in [0.05, 0.1) is 0 Å². The highest BCUT2D eigenvalue weighted by atomic mass is 14.2. The standard InChI is InChI=1S/C13H18/c1-10-7-8-12-5-3-4-6-13(12)11(2)9-10/h3-6,10-11H,7-9H2,1-2H3. The minimum atomic E-state index is 0.758. The molecule has 0 saturated carbocycles. The van der Waals surface area contributed by atoms with Gasteiger partial charge in [-0.3, -0.25) is 0 Å². The van der Waals surface area contributed by atoms with Gasteiger partial charge in [0.25, 0.3) is 0 Å². The van der Waals surface area contributed by atoms with Gasteiger partial charge in [-0.2, -0.15) is 0 Å². The molecular weight excluding hydrogens is 156 g/mol. The van der Waals surface area contributed by atoms with Crippen LogP contribution in [0.4, 0.5) is 0 Å². The number of hydrogen-bond donors (Lipinski definition) is 0. The van der Waals surface area contributed by atoms with Gasteiger partial charge in [-0.15, -0.1) is 0 Å². The minimum Gasteiger partial charge on any atom is -0.0625 e. The van der Waals surface area contributed by atoms with Crippen LogP contribution < -0.4 is 0 Å². The van der Waals surface area contributed by atoms with E-state index in [-0.39, 0.29) is 0 Å². The molecule has 0 fully saturated rings. The highest BCUT2D eigenvalue weighted by molar-refractivity contribution is 5.31. The molecule has 0 nitrogen and oxygen atoms in total. The maximum absolute atomic E-state index is 2.38. The molecule has 0 bridgehead atoms. The maximum atomic E-state index is 2.38. The van der Waals surface area contributed by atoms with E-state index in [9.17, 15) is 0 Å². The number of benzene rings is 1. The van der Waals surface area contributed by atoms with Crippen molar-refractivity contribution in [3.8, 4) is 0 Å². The fourth-order valence-electron chi connectivity index (χ4n) is 2.49. The second-order valence-corrected chi connectivity index (χ2v) is 4.48. The molecule has 0 heteroatoms. The van der Waals surface area contributed by atoms with E-state index < -0.39 is 0 Å². The van der Waals surface area contributed by atoms with E-state index in [1.54, 1.807) is 11.1 Å². The fraction of sp³-hybridized carbons (Fsp3) is 0.538. The third kappa shape index (κ3) is 1.77. The second kappa shape index (κ2) is 3.53. The molecule has 13 heavy (non-hydrogen) atoms. The van der Waals surface area contributed by atoms with Crippen LogP contribution in [-0.4, -0.2) is 0 Å². The SMILES string of the molecule is CC1CCc2ccccc2C(C)C1. The molecule has 0 radical (unpaired) electrons. The van der Waals surface area contributed by atoms with E-state index in [0.29, 0.717) is 0 Å². The van der Waals surface area contributed by atoms with Crippen molar-refractivity contribution < 1.29 is 0 Å². The summed E-state index contributed by atoms with van der Waals surface area (Å²) in [6.45, 7) is 4.74. The van der Waals surface area contributed by atoms with Crippen LogP contribution >= 0.6 is 0 Å². The van der Waals surface area contributed by atoms with Crippen molar-refractivity contribution in [2.45, 2.75) is 39.0 Å². The summed E-state index contributed by atoms with van der Waals surface area (Å²) in [7, 11) is 0. The lowest BCUT2D eigenvalue weighted by molar-refractivity contribution is 0.473. The largest absolute Gasteiger partial charge is 0.0625 e. The molecule has 1 aromatic carbocycles. The summed E-state index contributed by atoms with van der Waals surface area (Å²) in [6, 6.07) is 8.94. The monoisotopic (exact) mass is 174 g/mol. The van der Waals surface area contributed by atoms with Crippen LogP contribution in [0, 0.1) is 5.92 Å². The molecule has 2 atom stereocenters. The molecule has 1 aromatic rings. The average molecular weight is 174 g/mol. The Morgan fingerprint density at radius 1 is 1.15 bits per heavy atom. The molecule has 1 aliphatic rings. The van der Waals surface area contributed by atoms with Crippen LogP contribution in [0.25, 0.3) is 0 Å². The molecule has 0 saturated heterocycles. The zero-order chi connectivity index (χ0) is 9.26.